The van der Waals surface area contributed by atoms with Gasteiger partial charge in [0.1, 0.15) is 17.7 Å². The lowest BCUT2D eigenvalue weighted by molar-refractivity contribution is -0.149. The molecule has 1 aromatic rings. The second-order valence-corrected chi connectivity index (χ2v) is 11.2. The number of hydrogen-bond donors (Lipinski definition) is 2. The number of carbonyl (C=O) groups excluding carboxylic acids is 4. The van der Waals surface area contributed by atoms with Crippen LogP contribution in [0.4, 0.5) is 4.79 Å². The molecule has 0 aliphatic carbocycles. The average Bonchev–Trinajstić information content (AvgIpc) is 2.78. The molecule has 1 aromatic carbocycles. The van der Waals surface area contributed by atoms with Gasteiger partial charge >= 0.3 is 12.1 Å². The summed E-state index contributed by atoms with van der Waals surface area (Å²) in [6.07, 6.45) is 5.00. The highest BCUT2D eigenvalue weighted by molar-refractivity contribution is 5.93. The van der Waals surface area contributed by atoms with Crippen molar-refractivity contribution >= 4 is 23.9 Å². The maximum atomic E-state index is 14.2. The van der Waals surface area contributed by atoms with Crippen LogP contribution in [0.5, 0.6) is 0 Å². The SMILES string of the molecule is C#Cc1ccccc1C(C(=O)NCCC(=O)OCC)N(C(=O)C(NC(=O)OC(C)(C)C)C(C)C)C(C)(C)C. The first-order valence-corrected chi connectivity index (χ1v) is 12.8. The highest BCUT2D eigenvalue weighted by Crippen LogP contribution is 2.32. The third kappa shape index (κ3) is 9.73. The van der Waals surface area contributed by atoms with Crippen LogP contribution in [0.3, 0.4) is 0 Å². The van der Waals surface area contributed by atoms with Gasteiger partial charge in [-0.2, -0.15) is 0 Å². The number of esters is 1. The fraction of sp³-hybridized carbons (Fsp3) is 0.586. The van der Waals surface area contributed by atoms with E-state index in [9.17, 15) is 19.2 Å². The number of alkyl carbamates (subject to hydrolysis) is 1. The molecule has 0 fully saturated rings. The molecule has 0 heterocycles. The molecule has 9 nitrogen and oxygen atoms in total. The van der Waals surface area contributed by atoms with Gasteiger partial charge in [0.05, 0.1) is 13.0 Å². The van der Waals surface area contributed by atoms with Crippen LogP contribution in [-0.4, -0.2) is 59.1 Å². The van der Waals surface area contributed by atoms with Gasteiger partial charge in [-0.3, -0.25) is 14.4 Å². The van der Waals surface area contributed by atoms with Gasteiger partial charge in [0, 0.05) is 17.6 Å². The lowest BCUT2D eigenvalue weighted by Gasteiger charge is -2.43. The van der Waals surface area contributed by atoms with Gasteiger partial charge in [0.25, 0.3) is 0 Å². The summed E-state index contributed by atoms with van der Waals surface area (Å²) >= 11 is 0. The minimum absolute atomic E-state index is 0.0162. The number of benzene rings is 1. The Labute approximate surface area is 227 Å². The van der Waals surface area contributed by atoms with Gasteiger partial charge in [-0.05, 0) is 66.0 Å². The molecule has 2 unspecified atom stereocenters. The smallest absolute Gasteiger partial charge is 0.408 e. The first-order valence-electron chi connectivity index (χ1n) is 12.8. The van der Waals surface area contributed by atoms with Gasteiger partial charge in [-0.15, -0.1) is 6.42 Å². The molecule has 3 amide bonds. The summed E-state index contributed by atoms with van der Waals surface area (Å²) in [5, 5.41) is 5.44. The molecule has 0 saturated carbocycles. The van der Waals surface area contributed by atoms with Gasteiger partial charge in [-0.25, -0.2) is 4.79 Å². The van der Waals surface area contributed by atoms with E-state index in [1.165, 1.54) is 4.90 Å². The van der Waals surface area contributed by atoms with Crippen molar-refractivity contribution in [2.24, 2.45) is 5.92 Å². The van der Waals surface area contributed by atoms with Gasteiger partial charge < -0.3 is 25.0 Å². The van der Waals surface area contributed by atoms with Crippen molar-refractivity contribution in [1.82, 2.24) is 15.5 Å². The van der Waals surface area contributed by atoms with Crippen molar-refractivity contribution in [3.63, 3.8) is 0 Å². The zero-order valence-electron chi connectivity index (χ0n) is 24.1. The molecule has 0 spiro atoms. The number of hydrogen-bond acceptors (Lipinski definition) is 6. The molecule has 0 radical (unpaired) electrons. The second-order valence-electron chi connectivity index (χ2n) is 11.2. The average molecular weight is 530 g/mol. The maximum Gasteiger partial charge on any atom is 0.408 e. The highest BCUT2D eigenvalue weighted by Gasteiger charge is 2.43. The molecule has 38 heavy (non-hydrogen) atoms. The summed E-state index contributed by atoms with van der Waals surface area (Å²) in [5.41, 5.74) is -0.733. The molecule has 210 valence electrons. The fourth-order valence-corrected chi connectivity index (χ4v) is 3.83. The molecule has 9 heteroatoms. The Kier molecular flexibility index (Phi) is 11.8. The Bertz CT molecular complexity index is 1030. The van der Waals surface area contributed by atoms with Gasteiger partial charge in [0.2, 0.25) is 11.8 Å². The standard InChI is InChI=1S/C29H43N3O6/c1-11-20-15-13-14-16-21(20)24(25(34)30-18-17-22(33)37-12-2)32(28(5,6)7)26(35)23(19(3)4)31-27(36)38-29(8,9)10/h1,13-16,19,23-24H,12,17-18H2,2-10H3,(H,30,34)(H,31,36). The van der Waals surface area contributed by atoms with Gasteiger partial charge in [0.15, 0.2) is 0 Å². The van der Waals surface area contributed by atoms with E-state index in [2.05, 4.69) is 16.6 Å². The minimum atomic E-state index is -1.14. The number of nitrogens with one attached hydrogen (secondary N) is 2. The largest absolute Gasteiger partial charge is 0.466 e. The number of carbonyl (C=O) groups is 4. The summed E-state index contributed by atoms with van der Waals surface area (Å²) in [6, 6.07) is 4.74. The predicted molar refractivity (Wildman–Crippen MR) is 146 cm³/mol. The fourth-order valence-electron chi connectivity index (χ4n) is 3.83. The van der Waals surface area contributed by atoms with E-state index in [1.54, 1.807) is 86.6 Å². The number of nitrogens with zero attached hydrogens (tertiary/aromatic N) is 1. The third-order valence-corrected chi connectivity index (χ3v) is 5.42. The van der Waals surface area contributed by atoms with E-state index in [4.69, 9.17) is 15.9 Å². The van der Waals surface area contributed by atoms with Crippen molar-refractivity contribution in [3.05, 3.63) is 35.4 Å². The Balaban J connectivity index is 3.55. The van der Waals surface area contributed by atoms with Crippen LogP contribution in [0, 0.1) is 18.3 Å². The van der Waals surface area contributed by atoms with Crippen LogP contribution < -0.4 is 10.6 Å². The normalized spacial score (nSPS) is 13.1. The monoisotopic (exact) mass is 529 g/mol. The Hall–Kier alpha value is -3.54. The number of amides is 3. The summed E-state index contributed by atoms with van der Waals surface area (Å²) in [4.78, 5) is 53.8. The number of rotatable bonds is 10. The Morgan fingerprint density at radius 3 is 2.16 bits per heavy atom. The van der Waals surface area contributed by atoms with E-state index in [1.807, 2.05) is 0 Å². The first kappa shape index (κ1) is 32.5. The van der Waals surface area contributed by atoms with E-state index in [0.29, 0.717) is 11.1 Å². The lowest BCUT2D eigenvalue weighted by atomic mass is 9.91. The van der Waals surface area contributed by atoms with Crippen molar-refractivity contribution in [2.75, 3.05) is 13.2 Å². The molecule has 0 saturated heterocycles. The number of ether oxygens (including phenoxy) is 2. The summed E-state index contributed by atoms with van der Waals surface area (Å²) in [6.45, 7) is 16.1. The van der Waals surface area contributed by atoms with E-state index in [-0.39, 0.29) is 25.5 Å². The molecule has 2 atom stereocenters. The lowest BCUT2D eigenvalue weighted by Crippen LogP contribution is -2.60. The zero-order chi connectivity index (χ0) is 29.3. The van der Waals surface area contributed by atoms with Crippen LogP contribution >= 0.6 is 0 Å². The van der Waals surface area contributed by atoms with Crippen LogP contribution in [0.25, 0.3) is 0 Å². The van der Waals surface area contributed by atoms with E-state index < -0.39 is 47.1 Å². The molecular weight excluding hydrogens is 486 g/mol. The molecule has 0 aliphatic heterocycles. The quantitative estimate of drug-likeness (QED) is 0.350. The van der Waals surface area contributed by atoms with Crippen molar-refractivity contribution in [2.45, 2.75) is 92.0 Å². The molecular formula is C29H43N3O6. The summed E-state index contributed by atoms with van der Waals surface area (Å²) in [5.74, 6) is 0.836. The maximum absolute atomic E-state index is 14.2. The van der Waals surface area contributed by atoms with Gasteiger partial charge in [-0.1, -0.05) is 38.0 Å². The summed E-state index contributed by atoms with van der Waals surface area (Å²) in [7, 11) is 0. The van der Waals surface area contributed by atoms with E-state index in [0.717, 1.165) is 0 Å². The predicted octanol–water partition coefficient (Wildman–Crippen LogP) is 3.95. The topological polar surface area (TPSA) is 114 Å². The minimum Gasteiger partial charge on any atom is -0.466 e. The van der Waals surface area contributed by atoms with Crippen molar-refractivity contribution in [1.29, 1.82) is 0 Å². The van der Waals surface area contributed by atoms with Crippen LogP contribution in [0.2, 0.25) is 0 Å². The Morgan fingerprint density at radius 1 is 1.05 bits per heavy atom. The second kappa shape index (κ2) is 13.8. The number of terminal acetylenes is 1. The van der Waals surface area contributed by atoms with Crippen LogP contribution in [0.15, 0.2) is 24.3 Å². The highest BCUT2D eigenvalue weighted by atomic mass is 16.6. The molecule has 0 aromatic heterocycles. The first-order chi connectivity index (χ1) is 17.5. The Morgan fingerprint density at radius 2 is 1.66 bits per heavy atom. The summed E-state index contributed by atoms with van der Waals surface area (Å²) < 4.78 is 10.3. The zero-order valence-corrected chi connectivity index (χ0v) is 24.1. The molecule has 2 N–H and O–H groups in total. The van der Waals surface area contributed by atoms with Crippen molar-refractivity contribution < 1.29 is 28.7 Å². The van der Waals surface area contributed by atoms with Crippen molar-refractivity contribution in [3.8, 4) is 12.3 Å². The van der Waals surface area contributed by atoms with E-state index >= 15 is 0 Å². The molecule has 0 bridgehead atoms. The third-order valence-electron chi connectivity index (χ3n) is 5.42. The van der Waals surface area contributed by atoms with Crippen LogP contribution in [0.1, 0.15) is 85.9 Å². The van der Waals surface area contributed by atoms with Crippen LogP contribution in [-0.2, 0) is 23.9 Å². The molecule has 1 rings (SSSR count). The molecule has 0 aliphatic rings.